The van der Waals surface area contributed by atoms with E-state index in [9.17, 15) is 13.6 Å². The molecule has 0 bridgehead atoms. The van der Waals surface area contributed by atoms with E-state index >= 15 is 0 Å². The maximum absolute atomic E-state index is 12.4. The minimum Gasteiger partial charge on any atom is -0.352 e. The Kier molecular flexibility index (Phi) is 2.34. The van der Waals surface area contributed by atoms with Crippen molar-refractivity contribution in [1.29, 1.82) is 0 Å². The van der Waals surface area contributed by atoms with Gasteiger partial charge in [-0.25, -0.2) is 8.78 Å². The number of alkyl halides is 2. The lowest BCUT2D eigenvalue weighted by atomic mass is 9.86. The fourth-order valence-electron chi connectivity index (χ4n) is 1.17. The van der Waals surface area contributed by atoms with Crippen molar-refractivity contribution in [2.45, 2.75) is 45.6 Å². The number of hydrogen-bond acceptors (Lipinski definition) is 1. The van der Waals surface area contributed by atoms with E-state index in [0.29, 0.717) is 0 Å². The van der Waals surface area contributed by atoms with Gasteiger partial charge in [0.05, 0.1) is 0 Å². The Labute approximate surface area is 76.7 Å². The fourth-order valence-corrected chi connectivity index (χ4v) is 1.17. The lowest BCUT2D eigenvalue weighted by Gasteiger charge is -2.36. The molecule has 0 aliphatic heterocycles. The van der Waals surface area contributed by atoms with Crippen molar-refractivity contribution in [3.63, 3.8) is 0 Å². The van der Waals surface area contributed by atoms with Crippen LogP contribution in [-0.2, 0) is 4.79 Å². The molecule has 0 aromatic heterocycles. The number of halogens is 2. The van der Waals surface area contributed by atoms with Crippen LogP contribution in [0.2, 0.25) is 0 Å². The van der Waals surface area contributed by atoms with Crippen molar-refractivity contribution < 1.29 is 13.6 Å². The highest BCUT2D eigenvalue weighted by molar-refractivity contribution is 5.81. The number of rotatable bonds is 1. The summed E-state index contributed by atoms with van der Waals surface area (Å²) in [6, 6.07) is -0.332. The van der Waals surface area contributed by atoms with Crippen molar-refractivity contribution in [3.8, 4) is 0 Å². The van der Waals surface area contributed by atoms with Gasteiger partial charge in [0.15, 0.2) is 0 Å². The molecule has 1 saturated carbocycles. The third-order valence-corrected chi connectivity index (χ3v) is 2.11. The van der Waals surface area contributed by atoms with Crippen LogP contribution in [-0.4, -0.2) is 17.9 Å². The van der Waals surface area contributed by atoms with Gasteiger partial charge in [-0.15, -0.1) is 0 Å². The lowest BCUT2D eigenvalue weighted by Crippen LogP contribution is -2.52. The van der Waals surface area contributed by atoms with Crippen LogP contribution >= 0.6 is 0 Å². The minimum absolute atomic E-state index is 0.159. The molecule has 0 spiro atoms. The topological polar surface area (TPSA) is 29.1 Å². The smallest absolute Gasteiger partial charge is 0.252 e. The van der Waals surface area contributed by atoms with Gasteiger partial charge in [0.1, 0.15) is 0 Å². The number of hydrogen-bond donors (Lipinski definition) is 1. The molecule has 1 N–H and O–H groups in total. The zero-order valence-corrected chi connectivity index (χ0v) is 8.16. The largest absolute Gasteiger partial charge is 0.352 e. The molecule has 13 heavy (non-hydrogen) atoms. The number of nitrogens with one attached hydrogen (secondary N) is 1. The Morgan fingerprint density at radius 1 is 1.38 bits per heavy atom. The first kappa shape index (κ1) is 10.4. The summed E-state index contributed by atoms with van der Waals surface area (Å²) in [6.45, 7) is 5.29. The molecule has 1 aliphatic rings. The Morgan fingerprint density at radius 3 is 2.15 bits per heavy atom. The van der Waals surface area contributed by atoms with Crippen LogP contribution in [0.1, 0.15) is 33.6 Å². The zero-order chi connectivity index (χ0) is 10.3. The van der Waals surface area contributed by atoms with Crippen LogP contribution in [0.5, 0.6) is 0 Å². The fraction of sp³-hybridized carbons (Fsp3) is 0.889. The first-order valence-corrected chi connectivity index (χ1v) is 4.39. The van der Waals surface area contributed by atoms with E-state index in [1.54, 1.807) is 20.8 Å². The maximum atomic E-state index is 12.4. The standard InChI is InChI=1S/C9H15F2NO/c1-8(2,3)7(13)12-6-4-9(10,11)5-6/h6H,4-5H2,1-3H3,(H,12,13). The predicted molar refractivity (Wildman–Crippen MR) is 45.6 cm³/mol. The molecule has 0 saturated heterocycles. The highest BCUT2D eigenvalue weighted by atomic mass is 19.3. The monoisotopic (exact) mass is 191 g/mol. The van der Waals surface area contributed by atoms with Crippen LogP contribution in [0.25, 0.3) is 0 Å². The molecule has 0 aromatic carbocycles. The molecule has 2 nitrogen and oxygen atoms in total. The number of carbonyl (C=O) groups is 1. The first-order valence-electron chi connectivity index (χ1n) is 4.39. The molecule has 0 radical (unpaired) electrons. The summed E-state index contributed by atoms with van der Waals surface area (Å²) in [5.74, 6) is -2.72. The van der Waals surface area contributed by atoms with Gasteiger partial charge in [0.2, 0.25) is 5.91 Å². The predicted octanol–water partition coefficient (Wildman–Crippen LogP) is 1.95. The van der Waals surface area contributed by atoms with Crippen molar-refractivity contribution in [3.05, 3.63) is 0 Å². The third-order valence-electron chi connectivity index (χ3n) is 2.11. The van der Waals surface area contributed by atoms with E-state index in [-0.39, 0.29) is 24.8 Å². The molecule has 0 heterocycles. The molecule has 0 aromatic rings. The van der Waals surface area contributed by atoms with Crippen molar-refractivity contribution >= 4 is 5.91 Å². The Bertz CT molecular complexity index is 212. The van der Waals surface area contributed by atoms with E-state index < -0.39 is 11.3 Å². The third kappa shape index (κ3) is 2.64. The van der Waals surface area contributed by atoms with Gasteiger partial charge in [-0.2, -0.15) is 0 Å². The lowest BCUT2D eigenvalue weighted by molar-refractivity contribution is -0.136. The summed E-state index contributed by atoms with van der Waals surface area (Å²) >= 11 is 0. The van der Waals surface area contributed by atoms with E-state index in [1.807, 2.05) is 0 Å². The van der Waals surface area contributed by atoms with Gasteiger partial charge < -0.3 is 5.32 Å². The quantitative estimate of drug-likeness (QED) is 0.674. The molecule has 1 rings (SSSR count). The number of carbonyl (C=O) groups excluding carboxylic acids is 1. The van der Waals surface area contributed by atoms with Gasteiger partial charge in [-0.05, 0) is 0 Å². The summed E-state index contributed by atoms with van der Waals surface area (Å²) in [4.78, 5) is 11.3. The van der Waals surface area contributed by atoms with Crippen molar-refractivity contribution in [2.24, 2.45) is 5.41 Å². The Morgan fingerprint density at radius 2 is 1.85 bits per heavy atom. The molecule has 0 atom stereocenters. The van der Waals surface area contributed by atoms with Gasteiger partial charge >= 0.3 is 0 Å². The van der Waals surface area contributed by atoms with Gasteiger partial charge in [-0.3, -0.25) is 4.79 Å². The van der Waals surface area contributed by atoms with Crippen LogP contribution in [0.15, 0.2) is 0 Å². The molecular weight excluding hydrogens is 176 g/mol. The maximum Gasteiger partial charge on any atom is 0.252 e. The van der Waals surface area contributed by atoms with E-state index in [2.05, 4.69) is 5.32 Å². The molecule has 0 unspecified atom stereocenters. The van der Waals surface area contributed by atoms with E-state index in [0.717, 1.165) is 0 Å². The first-order chi connectivity index (χ1) is 5.71. The Balaban J connectivity index is 2.33. The average molecular weight is 191 g/mol. The summed E-state index contributed by atoms with van der Waals surface area (Å²) in [7, 11) is 0. The van der Waals surface area contributed by atoms with Crippen molar-refractivity contribution in [1.82, 2.24) is 5.32 Å². The van der Waals surface area contributed by atoms with Crippen LogP contribution in [0.3, 0.4) is 0 Å². The summed E-state index contributed by atoms with van der Waals surface area (Å²) in [5.41, 5.74) is -0.495. The molecular formula is C9H15F2NO. The molecule has 1 amide bonds. The highest BCUT2D eigenvalue weighted by Crippen LogP contribution is 2.37. The minimum atomic E-state index is -2.56. The van der Waals surface area contributed by atoms with E-state index in [4.69, 9.17) is 0 Å². The molecule has 1 aliphatic carbocycles. The Hall–Kier alpha value is -0.670. The SMILES string of the molecule is CC(C)(C)C(=O)NC1CC(F)(F)C1. The second-order valence-electron chi connectivity index (χ2n) is 4.68. The second-order valence-corrected chi connectivity index (χ2v) is 4.68. The summed E-state index contributed by atoms with van der Waals surface area (Å²) in [5, 5.41) is 2.59. The highest BCUT2D eigenvalue weighted by Gasteiger charge is 2.46. The van der Waals surface area contributed by atoms with Crippen LogP contribution < -0.4 is 5.32 Å². The second kappa shape index (κ2) is 2.93. The molecule has 1 fully saturated rings. The summed E-state index contributed by atoms with van der Waals surface area (Å²) < 4.78 is 24.8. The van der Waals surface area contributed by atoms with Gasteiger partial charge in [0, 0.05) is 24.3 Å². The van der Waals surface area contributed by atoms with E-state index in [1.165, 1.54) is 0 Å². The average Bonchev–Trinajstić information content (AvgIpc) is 1.80. The van der Waals surface area contributed by atoms with Crippen LogP contribution in [0.4, 0.5) is 8.78 Å². The summed E-state index contributed by atoms with van der Waals surface area (Å²) in [6.07, 6.45) is -0.427. The van der Waals surface area contributed by atoms with Crippen LogP contribution in [0, 0.1) is 5.41 Å². The number of amides is 1. The molecule has 76 valence electrons. The molecule has 4 heteroatoms. The van der Waals surface area contributed by atoms with Gasteiger partial charge in [0.25, 0.3) is 5.92 Å². The zero-order valence-electron chi connectivity index (χ0n) is 8.16. The normalized spacial score (nSPS) is 22.2. The van der Waals surface area contributed by atoms with Gasteiger partial charge in [-0.1, -0.05) is 20.8 Å². The van der Waals surface area contributed by atoms with Crippen molar-refractivity contribution in [2.75, 3.05) is 0 Å².